The highest BCUT2D eigenvalue weighted by Gasteiger charge is 2.35. The van der Waals surface area contributed by atoms with Crippen molar-refractivity contribution in [1.29, 1.82) is 0 Å². The van der Waals surface area contributed by atoms with Gasteiger partial charge in [-0.2, -0.15) is 0 Å². The molecule has 3 aromatic carbocycles. The number of nitrogens with zero attached hydrogens (tertiary/aromatic N) is 1. The molecule has 0 saturated carbocycles. The van der Waals surface area contributed by atoms with Gasteiger partial charge in [0.25, 0.3) is 10.0 Å². The van der Waals surface area contributed by atoms with Crippen LogP contribution in [0.3, 0.4) is 0 Å². The summed E-state index contributed by atoms with van der Waals surface area (Å²) in [5.74, 6) is -0.634. The molecule has 2 amide bonds. The number of esters is 1. The van der Waals surface area contributed by atoms with Crippen molar-refractivity contribution in [3.63, 3.8) is 0 Å². The number of primary amides is 1. The summed E-state index contributed by atoms with van der Waals surface area (Å²) in [5.41, 5.74) is 6.21. The number of hydrogen-bond acceptors (Lipinski definition) is 5. The zero-order valence-corrected chi connectivity index (χ0v) is 16.0. The van der Waals surface area contributed by atoms with E-state index in [-0.39, 0.29) is 23.6 Å². The number of nitrogens with two attached hydrogens (primary N) is 1. The Balaban J connectivity index is 1.49. The molecule has 0 aliphatic carbocycles. The van der Waals surface area contributed by atoms with Crippen LogP contribution >= 0.6 is 0 Å². The maximum Gasteiger partial charge on any atom is 0.338 e. The van der Waals surface area contributed by atoms with Crippen LogP contribution in [0, 0.1) is 0 Å². The molecule has 3 N–H and O–H groups in total. The third-order valence-corrected chi connectivity index (χ3v) is 6.43. The van der Waals surface area contributed by atoms with E-state index in [1.807, 2.05) is 12.1 Å². The average Bonchev–Trinajstić information content (AvgIpc) is 2.91. The van der Waals surface area contributed by atoms with Gasteiger partial charge in [-0.1, -0.05) is 30.3 Å². The van der Waals surface area contributed by atoms with Gasteiger partial charge in [-0.25, -0.2) is 18.0 Å². The SMILES string of the molecule is NC(=O)Nc1cccc(C(=O)OCCN2c3cccc4cccc(c34)S2(=O)=O)c1. The molecule has 0 unspecified atom stereocenters. The molecule has 29 heavy (non-hydrogen) atoms. The maximum absolute atomic E-state index is 12.9. The van der Waals surface area contributed by atoms with Gasteiger partial charge in [0.05, 0.1) is 22.7 Å². The summed E-state index contributed by atoms with van der Waals surface area (Å²) in [4.78, 5) is 23.5. The number of benzene rings is 3. The van der Waals surface area contributed by atoms with Crippen molar-refractivity contribution in [2.75, 3.05) is 22.8 Å². The molecular weight excluding hydrogens is 394 g/mol. The topological polar surface area (TPSA) is 119 Å². The lowest BCUT2D eigenvalue weighted by Crippen LogP contribution is -2.31. The van der Waals surface area contributed by atoms with E-state index in [4.69, 9.17) is 10.5 Å². The van der Waals surface area contributed by atoms with Gasteiger partial charge >= 0.3 is 12.0 Å². The number of nitrogens with one attached hydrogen (secondary N) is 1. The summed E-state index contributed by atoms with van der Waals surface area (Å²) in [6.45, 7) is -0.142. The van der Waals surface area contributed by atoms with E-state index in [1.165, 1.54) is 16.4 Å². The zero-order chi connectivity index (χ0) is 20.6. The Morgan fingerprint density at radius 3 is 2.52 bits per heavy atom. The molecule has 1 aliphatic heterocycles. The Morgan fingerprint density at radius 1 is 1.03 bits per heavy atom. The Labute approximate surface area is 166 Å². The molecular formula is C20H17N3O5S. The van der Waals surface area contributed by atoms with Gasteiger partial charge in [-0.15, -0.1) is 0 Å². The molecule has 1 heterocycles. The number of carbonyl (C=O) groups excluding carboxylic acids is 2. The summed E-state index contributed by atoms with van der Waals surface area (Å²) in [6.07, 6.45) is 0. The highest BCUT2D eigenvalue weighted by molar-refractivity contribution is 7.93. The van der Waals surface area contributed by atoms with Crippen LogP contribution in [0.15, 0.2) is 65.6 Å². The minimum absolute atomic E-state index is 0.0128. The lowest BCUT2D eigenvalue weighted by Gasteiger charge is -2.18. The molecule has 1 aliphatic rings. The van der Waals surface area contributed by atoms with Crippen molar-refractivity contribution in [2.24, 2.45) is 5.73 Å². The van der Waals surface area contributed by atoms with Crippen LogP contribution in [0.4, 0.5) is 16.2 Å². The van der Waals surface area contributed by atoms with Crippen LogP contribution < -0.4 is 15.4 Å². The lowest BCUT2D eigenvalue weighted by atomic mass is 10.1. The molecule has 0 radical (unpaired) electrons. The molecule has 0 atom stereocenters. The smallest absolute Gasteiger partial charge is 0.338 e. The van der Waals surface area contributed by atoms with E-state index < -0.39 is 22.0 Å². The molecule has 9 heteroatoms. The summed E-state index contributed by atoms with van der Waals surface area (Å²) >= 11 is 0. The van der Waals surface area contributed by atoms with Crippen LogP contribution in [0.1, 0.15) is 10.4 Å². The van der Waals surface area contributed by atoms with E-state index in [0.29, 0.717) is 16.8 Å². The third-order valence-electron chi connectivity index (χ3n) is 4.57. The first-order valence-electron chi connectivity index (χ1n) is 8.76. The first kappa shape index (κ1) is 18.8. The van der Waals surface area contributed by atoms with Gasteiger partial charge in [0.15, 0.2) is 0 Å². The van der Waals surface area contributed by atoms with Crippen LogP contribution in [-0.2, 0) is 14.8 Å². The zero-order valence-electron chi connectivity index (χ0n) is 15.2. The van der Waals surface area contributed by atoms with Gasteiger partial charge in [0.1, 0.15) is 6.61 Å². The summed E-state index contributed by atoms with van der Waals surface area (Å²) in [7, 11) is -3.70. The molecule has 8 nitrogen and oxygen atoms in total. The fourth-order valence-electron chi connectivity index (χ4n) is 3.37. The van der Waals surface area contributed by atoms with Crippen LogP contribution in [0.5, 0.6) is 0 Å². The van der Waals surface area contributed by atoms with Crippen molar-refractivity contribution in [1.82, 2.24) is 0 Å². The normalized spacial score (nSPS) is 14.0. The Kier molecular flexibility index (Phi) is 4.59. The van der Waals surface area contributed by atoms with Crippen molar-refractivity contribution in [2.45, 2.75) is 4.90 Å². The number of anilines is 2. The Hall–Kier alpha value is -3.59. The van der Waals surface area contributed by atoms with Crippen LogP contribution in [0.2, 0.25) is 0 Å². The van der Waals surface area contributed by atoms with E-state index in [2.05, 4.69) is 5.32 Å². The van der Waals surface area contributed by atoms with Crippen molar-refractivity contribution in [3.05, 3.63) is 66.2 Å². The minimum atomic E-state index is -3.70. The highest BCUT2D eigenvalue weighted by atomic mass is 32.2. The van der Waals surface area contributed by atoms with Crippen LogP contribution in [0.25, 0.3) is 10.8 Å². The number of sulfonamides is 1. The highest BCUT2D eigenvalue weighted by Crippen LogP contribution is 2.41. The number of amides is 2. The largest absolute Gasteiger partial charge is 0.460 e. The molecule has 0 bridgehead atoms. The Morgan fingerprint density at radius 2 is 1.76 bits per heavy atom. The van der Waals surface area contributed by atoms with Gasteiger partial charge in [-0.05, 0) is 35.7 Å². The molecule has 0 saturated heterocycles. The second-order valence-electron chi connectivity index (χ2n) is 6.41. The van der Waals surface area contributed by atoms with Gasteiger partial charge in [0, 0.05) is 11.1 Å². The van der Waals surface area contributed by atoms with Crippen LogP contribution in [-0.4, -0.2) is 33.6 Å². The minimum Gasteiger partial charge on any atom is -0.460 e. The monoisotopic (exact) mass is 411 g/mol. The molecule has 148 valence electrons. The number of rotatable bonds is 5. The number of hydrogen-bond donors (Lipinski definition) is 2. The summed E-state index contributed by atoms with van der Waals surface area (Å²) in [5, 5.41) is 3.88. The second-order valence-corrected chi connectivity index (χ2v) is 8.25. The number of ether oxygens (including phenoxy) is 1. The predicted molar refractivity (Wildman–Crippen MR) is 108 cm³/mol. The number of urea groups is 1. The molecule has 4 rings (SSSR count). The first-order chi connectivity index (χ1) is 13.9. The number of carbonyl (C=O) groups is 2. The maximum atomic E-state index is 12.9. The van der Waals surface area contributed by atoms with Crippen molar-refractivity contribution < 1.29 is 22.7 Å². The van der Waals surface area contributed by atoms with Gasteiger partial charge in [-0.3, -0.25) is 4.31 Å². The summed E-state index contributed by atoms with van der Waals surface area (Å²) in [6, 6.07) is 15.9. The lowest BCUT2D eigenvalue weighted by molar-refractivity contribution is 0.0518. The quantitative estimate of drug-likeness (QED) is 0.626. The third kappa shape index (κ3) is 3.36. The van der Waals surface area contributed by atoms with E-state index in [0.717, 1.165) is 5.39 Å². The second kappa shape index (κ2) is 7.10. The predicted octanol–water partition coefficient (Wildman–Crippen LogP) is 2.70. The fourth-order valence-corrected chi connectivity index (χ4v) is 5.06. The summed E-state index contributed by atoms with van der Waals surface area (Å²) < 4.78 is 32.3. The first-order valence-corrected chi connectivity index (χ1v) is 10.2. The van der Waals surface area contributed by atoms with Crippen molar-refractivity contribution in [3.8, 4) is 0 Å². The standard InChI is InChI=1S/C20H17N3O5S/c21-20(25)22-15-7-1-6-14(12-15)19(24)28-11-10-23-16-8-2-4-13-5-3-9-17(18(13)16)29(23,26)27/h1-9,12H,10-11H2,(H3,21,22,25). The average molecular weight is 411 g/mol. The van der Waals surface area contributed by atoms with Gasteiger partial charge in [0.2, 0.25) is 0 Å². The fraction of sp³-hybridized carbons (Fsp3) is 0.100. The molecule has 0 aromatic heterocycles. The van der Waals surface area contributed by atoms with Gasteiger partial charge < -0.3 is 15.8 Å². The van der Waals surface area contributed by atoms with E-state index >= 15 is 0 Å². The molecule has 0 spiro atoms. The molecule has 0 fully saturated rings. The van der Waals surface area contributed by atoms with E-state index in [1.54, 1.807) is 36.4 Å². The van der Waals surface area contributed by atoms with Crippen molar-refractivity contribution >= 4 is 44.2 Å². The Bertz CT molecular complexity index is 1230. The van der Waals surface area contributed by atoms with E-state index in [9.17, 15) is 18.0 Å². The molecule has 3 aromatic rings.